The van der Waals surface area contributed by atoms with E-state index in [4.69, 9.17) is 26.1 Å². The molecule has 0 saturated heterocycles. The summed E-state index contributed by atoms with van der Waals surface area (Å²) in [7, 11) is -6.08. The summed E-state index contributed by atoms with van der Waals surface area (Å²) in [6, 6.07) is 0. The van der Waals surface area contributed by atoms with Crippen LogP contribution >= 0.6 is 16.9 Å². The van der Waals surface area contributed by atoms with Crippen LogP contribution < -0.4 is 11.5 Å². The summed E-state index contributed by atoms with van der Waals surface area (Å²) in [6.07, 6.45) is 0.342. The fourth-order valence-electron chi connectivity index (χ4n) is 0.750. The van der Waals surface area contributed by atoms with Gasteiger partial charge >= 0.3 is 16.9 Å². The van der Waals surface area contributed by atoms with Crippen molar-refractivity contribution >= 4 is 16.9 Å². The summed E-state index contributed by atoms with van der Waals surface area (Å²) in [6.45, 7) is 0.271. The highest BCUT2D eigenvalue weighted by Crippen LogP contribution is 2.37. The van der Waals surface area contributed by atoms with E-state index in [0.717, 1.165) is 0 Å². The fourth-order valence-corrected chi connectivity index (χ4v) is 1.66. The molecule has 2 atom stereocenters. The van der Waals surface area contributed by atoms with E-state index in [1.54, 1.807) is 0 Å². The minimum atomic E-state index is -3.32. The van der Waals surface area contributed by atoms with Crippen molar-refractivity contribution in [3.05, 3.63) is 0 Å². The first-order valence-electron chi connectivity index (χ1n) is 3.67. The zero-order chi connectivity index (χ0) is 11.2. The van der Waals surface area contributed by atoms with Gasteiger partial charge in [-0.25, -0.2) is 0 Å². The molecular weight excluding hydrogens is 234 g/mol. The van der Waals surface area contributed by atoms with E-state index in [9.17, 15) is 4.57 Å². The largest absolute Gasteiger partial charge is 0.330 e. The van der Waals surface area contributed by atoms with Crippen LogP contribution in [0.4, 0.5) is 0 Å². The summed E-state index contributed by atoms with van der Waals surface area (Å²) >= 11 is 0. The minimum Gasteiger partial charge on any atom is -0.330 e. The Morgan fingerprint density at radius 1 is 1.50 bits per heavy atom. The molecule has 86 valence electrons. The van der Waals surface area contributed by atoms with Gasteiger partial charge in [0.2, 0.25) is 5.91 Å². The topological polar surface area (TPSA) is 148 Å². The normalized spacial score (nSPS) is 18.1. The maximum Gasteiger partial charge on any atom is 0.330 e. The molecule has 0 rings (SSSR count). The highest BCUT2D eigenvalue weighted by molar-refractivity contribution is 7.39. The van der Waals surface area contributed by atoms with Crippen molar-refractivity contribution in [2.75, 3.05) is 6.54 Å². The lowest BCUT2D eigenvalue weighted by Crippen LogP contribution is -2.43. The van der Waals surface area contributed by atoms with Gasteiger partial charge < -0.3 is 20.4 Å². The Labute approximate surface area is 82.8 Å². The standard InChI is InChI=1S/C4H14N2O6P2/c5-3-1-2-4(6,11-13(7)8)12-14(9)10/h7-8,14H,1-3,5-6H2,(H,9,10). The van der Waals surface area contributed by atoms with Crippen LogP contribution in [-0.4, -0.2) is 27.1 Å². The molecule has 0 spiro atoms. The van der Waals surface area contributed by atoms with Crippen molar-refractivity contribution < 1.29 is 28.3 Å². The molecule has 0 aliphatic heterocycles. The monoisotopic (exact) mass is 248 g/mol. The van der Waals surface area contributed by atoms with Crippen LogP contribution in [0.3, 0.4) is 0 Å². The lowest BCUT2D eigenvalue weighted by Gasteiger charge is -2.27. The first kappa shape index (κ1) is 14.4. The van der Waals surface area contributed by atoms with Crippen molar-refractivity contribution in [3.8, 4) is 0 Å². The Kier molecular flexibility index (Phi) is 6.97. The molecule has 0 aliphatic carbocycles. The third-order valence-electron chi connectivity index (χ3n) is 1.23. The predicted molar refractivity (Wildman–Crippen MR) is 50.0 cm³/mol. The highest BCUT2D eigenvalue weighted by atomic mass is 31.2. The smallest absolute Gasteiger partial charge is 0.330 e. The van der Waals surface area contributed by atoms with Gasteiger partial charge in [-0.05, 0) is 13.0 Å². The number of rotatable bonds is 7. The van der Waals surface area contributed by atoms with Gasteiger partial charge in [0, 0.05) is 6.42 Å². The molecule has 0 bridgehead atoms. The Hall–Kier alpha value is 0.380. The number of hydrogen-bond acceptors (Lipinski definition) is 7. The van der Waals surface area contributed by atoms with Crippen molar-refractivity contribution in [2.24, 2.45) is 11.5 Å². The molecule has 0 amide bonds. The van der Waals surface area contributed by atoms with Crippen LogP contribution in [0.1, 0.15) is 12.8 Å². The van der Waals surface area contributed by atoms with E-state index >= 15 is 0 Å². The molecule has 14 heavy (non-hydrogen) atoms. The fraction of sp³-hybridized carbons (Fsp3) is 1.00. The lowest BCUT2D eigenvalue weighted by atomic mass is 10.2. The molecule has 0 aromatic heterocycles. The average Bonchev–Trinajstić information content (AvgIpc) is 1.97. The van der Waals surface area contributed by atoms with E-state index in [2.05, 4.69) is 9.05 Å². The molecule has 8 nitrogen and oxygen atoms in total. The zero-order valence-electron chi connectivity index (χ0n) is 7.29. The summed E-state index contributed by atoms with van der Waals surface area (Å²) in [5.74, 6) is -1.97. The lowest BCUT2D eigenvalue weighted by molar-refractivity contribution is -0.120. The third kappa shape index (κ3) is 6.78. The number of hydrogen-bond donors (Lipinski definition) is 5. The highest BCUT2D eigenvalue weighted by Gasteiger charge is 2.31. The van der Waals surface area contributed by atoms with Crippen molar-refractivity contribution in [1.29, 1.82) is 0 Å². The van der Waals surface area contributed by atoms with Gasteiger partial charge in [0.25, 0.3) is 0 Å². The zero-order valence-corrected chi connectivity index (χ0v) is 9.18. The molecule has 0 radical (unpaired) electrons. The molecule has 10 heteroatoms. The van der Waals surface area contributed by atoms with Gasteiger partial charge in [0.1, 0.15) is 0 Å². The van der Waals surface area contributed by atoms with Gasteiger partial charge in [0.05, 0.1) is 0 Å². The Morgan fingerprint density at radius 2 is 2.07 bits per heavy atom. The summed E-state index contributed by atoms with van der Waals surface area (Å²) < 4.78 is 19.1. The SMILES string of the molecule is NCCCC(N)(OP(O)O)O[PH](=O)O. The second kappa shape index (κ2) is 6.79. The molecule has 0 fully saturated rings. The van der Waals surface area contributed by atoms with Gasteiger partial charge in [-0.3, -0.25) is 19.3 Å². The first-order valence-corrected chi connectivity index (χ1v) is 6.10. The molecular formula is C4H14N2O6P2. The maximum atomic E-state index is 10.4. The Morgan fingerprint density at radius 3 is 2.43 bits per heavy atom. The van der Waals surface area contributed by atoms with Crippen molar-refractivity contribution in [1.82, 2.24) is 0 Å². The first-order chi connectivity index (χ1) is 6.39. The molecule has 0 aromatic carbocycles. The van der Waals surface area contributed by atoms with E-state index in [1.165, 1.54) is 0 Å². The van der Waals surface area contributed by atoms with Gasteiger partial charge in [-0.15, -0.1) is 0 Å². The summed E-state index contributed by atoms with van der Waals surface area (Å²) in [5.41, 5.74) is 10.5. The van der Waals surface area contributed by atoms with Crippen LogP contribution in [0, 0.1) is 0 Å². The van der Waals surface area contributed by atoms with E-state index in [0.29, 0.717) is 6.42 Å². The quantitative estimate of drug-likeness (QED) is 0.283. The van der Waals surface area contributed by atoms with Crippen LogP contribution in [0.2, 0.25) is 0 Å². The molecule has 0 aromatic rings. The molecule has 2 unspecified atom stereocenters. The second-order valence-corrected chi connectivity index (χ2v) is 3.84. The number of nitrogens with two attached hydrogens (primary N) is 2. The van der Waals surface area contributed by atoms with E-state index in [1.807, 2.05) is 0 Å². The maximum absolute atomic E-state index is 10.4. The summed E-state index contributed by atoms with van der Waals surface area (Å²) in [4.78, 5) is 25.5. The van der Waals surface area contributed by atoms with Gasteiger partial charge in [-0.1, -0.05) is 0 Å². The van der Waals surface area contributed by atoms with E-state index < -0.39 is 22.8 Å². The van der Waals surface area contributed by atoms with Crippen LogP contribution in [0.5, 0.6) is 0 Å². The summed E-state index contributed by atoms with van der Waals surface area (Å²) in [5, 5.41) is 0. The molecule has 0 aliphatic rings. The minimum absolute atomic E-state index is 0.0135. The van der Waals surface area contributed by atoms with Crippen molar-refractivity contribution in [3.63, 3.8) is 0 Å². The molecule has 0 saturated carbocycles. The van der Waals surface area contributed by atoms with Gasteiger partial charge in [0.15, 0.2) is 0 Å². The van der Waals surface area contributed by atoms with Gasteiger partial charge in [-0.2, -0.15) is 0 Å². The van der Waals surface area contributed by atoms with Crippen LogP contribution in [-0.2, 0) is 13.6 Å². The van der Waals surface area contributed by atoms with Crippen LogP contribution in [0.25, 0.3) is 0 Å². The Bertz CT molecular complexity index is 193. The average molecular weight is 248 g/mol. The Balaban J connectivity index is 4.24. The molecule has 0 heterocycles. The van der Waals surface area contributed by atoms with Crippen molar-refractivity contribution in [2.45, 2.75) is 18.8 Å². The molecule has 7 N–H and O–H groups in total. The van der Waals surface area contributed by atoms with Crippen LogP contribution in [0.15, 0.2) is 0 Å². The van der Waals surface area contributed by atoms with E-state index in [-0.39, 0.29) is 13.0 Å². The predicted octanol–water partition coefficient (Wildman–Crippen LogP) is -1.04. The third-order valence-corrected chi connectivity index (χ3v) is 2.22. The second-order valence-electron chi connectivity index (χ2n) is 2.42.